The lowest BCUT2D eigenvalue weighted by Gasteiger charge is -2.34. The van der Waals surface area contributed by atoms with Gasteiger partial charge in [0, 0.05) is 65.4 Å². The van der Waals surface area contributed by atoms with Crippen LogP contribution < -0.4 is 0 Å². The fourth-order valence-corrected chi connectivity index (χ4v) is 4.58. The zero-order valence-electron chi connectivity index (χ0n) is 17.6. The molecule has 0 spiro atoms. The highest BCUT2D eigenvalue weighted by Gasteiger charge is 2.20. The van der Waals surface area contributed by atoms with Crippen LogP contribution in [0, 0.1) is 0 Å². The lowest BCUT2D eigenvalue weighted by molar-refractivity contribution is -0.245. The molecule has 1 rings (SSSR count). The highest BCUT2D eigenvalue weighted by atomic mass is 31.2. The highest BCUT2D eigenvalue weighted by Crippen LogP contribution is 2.36. The summed E-state index contributed by atoms with van der Waals surface area (Å²) in [6.45, 7) is 10.2. The maximum atomic E-state index is 12.4. The van der Waals surface area contributed by atoms with E-state index in [1.807, 2.05) is 4.90 Å². The Morgan fingerprint density at radius 3 is 1.52 bits per heavy atom. The summed E-state index contributed by atoms with van der Waals surface area (Å²) in [5.74, 6) is -0.874. The van der Waals surface area contributed by atoms with Crippen LogP contribution in [-0.4, -0.2) is 146 Å². The fraction of sp³-hybridized carbons (Fsp3) is 0.941. The van der Waals surface area contributed by atoms with Crippen molar-refractivity contribution in [3.8, 4) is 0 Å². The Labute approximate surface area is 173 Å². The van der Waals surface area contributed by atoms with Gasteiger partial charge in [-0.05, 0) is 13.3 Å². The molecule has 0 saturated carbocycles. The van der Waals surface area contributed by atoms with Gasteiger partial charge in [-0.25, -0.2) is 9.78 Å². The molecule has 12 heteroatoms. The summed E-state index contributed by atoms with van der Waals surface area (Å²) in [4.78, 5) is 28.0. The quantitative estimate of drug-likeness (QED) is 0.238. The second kappa shape index (κ2) is 14.4. The molecule has 0 aromatic heterocycles. The molecule has 0 aliphatic carbocycles. The number of carbonyl (C=O) groups is 1. The monoisotopic (exact) mass is 440 g/mol. The average Bonchev–Trinajstić information content (AvgIpc) is 2.63. The van der Waals surface area contributed by atoms with Crippen LogP contribution in [0.15, 0.2) is 0 Å². The van der Waals surface area contributed by atoms with Crippen molar-refractivity contribution in [1.29, 1.82) is 0 Å². The van der Waals surface area contributed by atoms with E-state index in [2.05, 4.69) is 24.5 Å². The highest BCUT2D eigenvalue weighted by molar-refractivity contribution is 7.62. The molecule has 1 aliphatic heterocycles. The lowest BCUT2D eigenvalue weighted by Crippen LogP contribution is -2.47. The maximum absolute atomic E-state index is 12.4. The predicted octanol–water partition coefficient (Wildman–Crippen LogP) is -0.148. The molecular weight excluding hydrogens is 403 g/mol. The van der Waals surface area contributed by atoms with Gasteiger partial charge in [-0.1, -0.05) is 0 Å². The number of carboxylic acids is 1. The lowest BCUT2D eigenvalue weighted by atomic mass is 10.3. The van der Waals surface area contributed by atoms with Gasteiger partial charge in [-0.15, -0.1) is 0 Å². The van der Waals surface area contributed by atoms with Crippen LogP contribution >= 0.6 is 7.14 Å². The molecule has 1 saturated heterocycles. The normalized spacial score (nSPS) is 20.3. The van der Waals surface area contributed by atoms with Gasteiger partial charge >= 0.3 is 5.97 Å². The van der Waals surface area contributed by atoms with Crippen LogP contribution in [0.25, 0.3) is 0 Å². The molecule has 0 amide bonds. The first kappa shape index (κ1) is 26.4. The number of nitrogens with zero attached hydrogens (tertiary/aromatic N) is 4. The third kappa shape index (κ3) is 13.3. The second-order valence-corrected chi connectivity index (χ2v) is 11.3. The summed E-state index contributed by atoms with van der Waals surface area (Å²) in [5.41, 5.74) is 0. The Morgan fingerprint density at radius 2 is 1.17 bits per heavy atom. The Balaban J connectivity index is 2.86. The summed E-state index contributed by atoms with van der Waals surface area (Å²) in [6, 6.07) is 0. The van der Waals surface area contributed by atoms with Crippen molar-refractivity contribution in [2.75, 3.05) is 105 Å². The number of rotatable bonds is 10. The van der Waals surface area contributed by atoms with Crippen molar-refractivity contribution in [2.24, 2.45) is 0 Å². The van der Waals surface area contributed by atoms with E-state index in [-0.39, 0.29) is 19.8 Å². The van der Waals surface area contributed by atoms with Crippen LogP contribution in [0.4, 0.5) is 0 Å². The van der Waals surface area contributed by atoms with E-state index in [0.717, 1.165) is 6.54 Å². The van der Waals surface area contributed by atoms with Gasteiger partial charge in [0.2, 0.25) is 0 Å². The molecule has 0 bridgehead atoms. The largest absolute Gasteiger partial charge is 0.480 e. The molecule has 0 aromatic rings. The van der Waals surface area contributed by atoms with Gasteiger partial charge in [0.25, 0.3) is 0 Å². The predicted molar refractivity (Wildman–Crippen MR) is 110 cm³/mol. The van der Waals surface area contributed by atoms with Crippen molar-refractivity contribution in [3.05, 3.63) is 0 Å². The average molecular weight is 440 g/mol. The molecule has 1 fully saturated rings. The summed E-state index contributed by atoms with van der Waals surface area (Å²) >= 11 is 0. The van der Waals surface area contributed by atoms with Crippen LogP contribution in [0.2, 0.25) is 0 Å². The van der Waals surface area contributed by atoms with Crippen molar-refractivity contribution in [1.82, 2.24) is 19.6 Å². The van der Waals surface area contributed by atoms with Crippen LogP contribution in [0.1, 0.15) is 0 Å². The van der Waals surface area contributed by atoms with E-state index in [1.54, 1.807) is 13.3 Å². The minimum absolute atomic E-state index is 0.0476. The van der Waals surface area contributed by atoms with Gasteiger partial charge in [-0.2, -0.15) is 0 Å². The smallest absolute Gasteiger partial charge is 0.317 e. The van der Waals surface area contributed by atoms with E-state index < -0.39 is 13.1 Å². The fourth-order valence-electron chi connectivity index (χ4n) is 3.34. The number of hydrogen-bond acceptors (Lipinski definition) is 10. The standard InChI is InChI=1S/C17H37N4O7P/c1-29(2,26)16-21-9-6-19(12-14-28-25)4-3-18(11-13-27-24)5-7-20(8-10-21)15-17(22)23/h24-25H,3-16H2,1-2H3,(H,22,23). The maximum Gasteiger partial charge on any atom is 0.317 e. The van der Waals surface area contributed by atoms with Crippen molar-refractivity contribution in [3.63, 3.8) is 0 Å². The number of carboxylic acid groups (broad SMARTS) is 1. The zero-order valence-corrected chi connectivity index (χ0v) is 18.5. The summed E-state index contributed by atoms with van der Waals surface area (Å²) < 4.78 is 12.4. The minimum atomic E-state index is -2.26. The summed E-state index contributed by atoms with van der Waals surface area (Å²) in [5, 5.41) is 26.6. The molecular formula is C17H37N4O7P. The van der Waals surface area contributed by atoms with E-state index in [9.17, 15) is 14.5 Å². The van der Waals surface area contributed by atoms with Gasteiger partial charge in [0.05, 0.1) is 33.2 Å². The van der Waals surface area contributed by atoms with Crippen molar-refractivity contribution >= 4 is 13.1 Å². The molecule has 3 N–H and O–H groups in total. The Hall–Kier alpha value is -0.620. The van der Waals surface area contributed by atoms with Crippen LogP contribution in [0.3, 0.4) is 0 Å². The van der Waals surface area contributed by atoms with Gasteiger partial charge in [0.1, 0.15) is 0 Å². The molecule has 172 valence electrons. The van der Waals surface area contributed by atoms with Crippen LogP contribution in [-0.2, 0) is 19.1 Å². The van der Waals surface area contributed by atoms with E-state index >= 15 is 0 Å². The Kier molecular flexibility index (Phi) is 13.1. The first-order chi connectivity index (χ1) is 13.7. The third-order valence-electron chi connectivity index (χ3n) is 4.83. The molecule has 0 radical (unpaired) electrons. The summed E-state index contributed by atoms with van der Waals surface area (Å²) in [7, 11) is -2.26. The molecule has 29 heavy (non-hydrogen) atoms. The van der Waals surface area contributed by atoms with Crippen LogP contribution in [0.5, 0.6) is 0 Å². The van der Waals surface area contributed by atoms with E-state index in [1.165, 1.54) is 0 Å². The number of aliphatic carboxylic acids is 1. The van der Waals surface area contributed by atoms with E-state index in [0.29, 0.717) is 65.2 Å². The molecule has 0 unspecified atom stereocenters. The Morgan fingerprint density at radius 1 is 0.793 bits per heavy atom. The molecule has 11 nitrogen and oxygen atoms in total. The minimum Gasteiger partial charge on any atom is -0.480 e. The SMILES string of the molecule is CP(C)(=O)CN1CCN(CCOO)CCN(CCOO)CCN(CC(=O)O)CC1. The zero-order chi connectivity index (χ0) is 21.7. The number of hydrogen-bond donors (Lipinski definition) is 3. The van der Waals surface area contributed by atoms with Gasteiger partial charge in [0.15, 0.2) is 0 Å². The first-order valence-electron chi connectivity index (χ1n) is 9.91. The summed E-state index contributed by atoms with van der Waals surface area (Å²) in [6.07, 6.45) is 0.484. The topological polar surface area (TPSA) is 126 Å². The molecule has 1 aliphatic rings. The molecule has 0 atom stereocenters. The van der Waals surface area contributed by atoms with Crippen molar-refractivity contribution in [2.45, 2.75) is 0 Å². The van der Waals surface area contributed by atoms with E-state index in [4.69, 9.17) is 10.5 Å². The van der Waals surface area contributed by atoms with Gasteiger partial charge < -0.3 is 9.67 Å². The molecule has 1 heterocycles. The first-order valence-corrected chi connectivity index (χ1v) is 12.7. The van der Waals surface area contributed by atoms with Crippen molar-refractivity contribution < 1.29 is 34.8 Å². The molecule has 0 aromatic carbocycles. The van der Waals surface area contributed by atoms with Gasteiger partial charge in [-0.3, -0.25) is 34.9 Å². The third-order valence-corrected chi connectivity index (χ3v) is 5.91. The Bertz CT molecular complexity index is 508. The second-order valence-electron chi connectivity index (χ2n) is 7.85.